The molecule has 1 aliphatic rings. The van der Waals surface area contributed by atoms with E-state index in [9.17, 15) is 0 Å². The van der Waals surface area contributed by atoms with Crippen LogP contribution in [-0.4, -0.2) is 46.6 Å². The van der Waals surface area contributed by atoms with E-state index in [1.54, 1.807) is 0 Å². The van der Waals surface area contributed by atoms with Crippen LogP contribution in [0.1, 0.15) is 11.3 Å². The fraction of sp³-hybridized carbons (Fsp3) is 0.278. The van der Waals surface area contributed by atoms with E-state index in [0.717, 1.165) is 55.2 Å². The van der Waals surface area contributed by atoms with Crippen LogP contribution in [0.4, 0.5) is 5.82 Å². The van der Waals surface area contributed by atoms with Crippen molar-refractivity contribution in [2.75, 3.05) is 31.1 Å². The summed E-state index contributed by atoms with van der Waals surface area (Å²) < 4.78 is 0. The van der Waals surface area contributed by atoms with Gasteiger partial charge in [0, 0.05) is 44.4 Å². The highest BCUT2D eigenvalue weighted by molar-refractivity contribution is 5.62. The van der Waals surface area contributed by atoms with Gasteiger partial charge in [-0.2, -0.15) is 10.2 Å². The normalized spacial score (nSPS) is 14.8. The van der Waals surface area contributed by atoms with Gasteiger partial charge in [-0.15, -0.1) is 5.10 Å². The summed E-state index contributed by atoms with van der Waals surface area (Å²) >= 11 is 0. The lowest BCUT2D eigenvalue weighted by Gasteiger charge is -2.27. The first kappa shape index (κ1) is 14.8. The smallest absolute Gasteiger partial charge is 0.151 e. The van der Waals surface area contributed by atoms with Gasteiger partial charge in [-0.1, -0.05) is 24.3 Å². The predicted octanol–water partition coefficient (Wildman–Crippen LogP) is 1.87. The first-order valence-electron chi connectivity index (χ1n) is 8.25. The van der Waals surface area contributed by atoms with Gasteiger partial charge in [-0.25, -0.2) is 0 Å². The number of nitrogens with zero attached hydrogens (tertiary/aromatic N) is 4. The van der Waals surface area contributed by atoms with Crippen molar-refractivity contribution in [2.24, 2.45) is 0 Å². The third-order valence-corrected chi connectivity index (χ3v) is 4.29. The Kier molecular flexibility index (Phi) is 4.20. The number of anilines is 1. The summed E-state index contributed by atoms with van der Waals surface area (Å²) in [6.45, 7) is 3.98. The lowest BCUT2D eigenvalue weighted by Crippen LogP contribution is -2.44. The monoisotopic (exact) mass is 320 g/mol. The molecule has 0 atom stereocenters. The van der Waals surface area contributed by atoms with E-state index in [0.29, 0.717) is 0 Å². The molecular formula is C18H20N6. The summed E-state index contributed by atoms with van der Waals surface area (Å²) in [4.78, 5) is 2.27. The number of H-pyrrole nitrogens is 1. The number of piperazine rings is 1. The molecule has 1 saturated heterocycles. The molecule has 24 heavy (non-hydrogen) atoms. The molecule has 3 aromatic rings. The third-order valence-electron chi connectivity index (χ3n) is 4.29. The number of aromatic amines is 1. The zero-order chi connectivity index (χ0) is 16.2. The molecule has 0 unspecified atom stereocenters. The van der Waals surface area contributed by atoms with Crippen molar-refractivity contribution in [3.63, 3.8) is 0 Å². The van der Waals surface area contributed by atoms with Crippen LogP contribution in [0.5, 0.6) is 0 Å². The minimum atomic E-state index is 0.778. The van der Waals surface area contributed by atoms with E-state index in [1.165, 1.54) is 5.56 Å². The maximum atomic E-state index is 4.41. The van der Waals surface area contributed by atoms with Crippen LogP contribution >= 0.6 is 0 Å². The standard InChI is InChI=1S/C18H20N6/c1-2-14(10-15(3-1)16-12-20-21-13-16)11-17-4-5-18(23-22-17)24-8-6-19-7-9-24/h1-5,10,12-13,19H,6-9,11H2,(H,20,21). The summed E-state index contributed by atoms with van der Waals surface area (Å²) in [7, 11) is 0. The maximum Gasteiger partial charge on any atom is 0.151 e. The Labute approximate surface area is 140 Å². The van der Waals surface area contributed by atoms with Gasteiger partial charge >= 0.3 is 0 Å². The minimum absolute atomic E-state index is 0.778. The Bertz CT molecular complexity index is 776. The van der Waals surface area contributed by atoms with E-state index >= 15 is 0 Å². The lowest BCUT2D eigenvalue weighted by atomic mass is 10.0. The largest absolute Gasteiger partial charge is 0.353 e. The van der Waals surface area contributed by atoms with Crippen LogP contribution in [0.3, 0.4) is 0 Å². The molecule has 6 heteroatoms. The van der Waals surface area contributed by atoms with Gasteiger partial charge in [0.25, 0.3) is 0 Å². The second-order valence-electron chi connectivity index (χ2n) is 5.98. The van der Waals surface area contributed by atoms with Crippen LogP contribution in [-0.2, 0) is 6.42 Å². The number of hydrogen-bond donors (Lipinski definition) is 2. The molecule has 3 heterocycles. The first-order chi connectivity index (χ1) is 11.9. The number of benzene rings is 1. The van der Waals surface area contributed by atoms with E-state index in [4.69, 9.17) is 0 Å². The Hall–Kier alpha value is -2.73. The molecule has 2 aromatic heterocycles. The number of aromatic nitrogens is 4. The van der Waals surface area contributed by atoms with Gasteiger partial charge in [-0.3, -0.25) is 5.10 Å². The molecule has 0 radical (unpaired) electrons. The third kappa shape index (κ3) is 3.28. The molecule has 0 spiro atoms. The average molecular weight is 320 g/mol. The fourth-order valence-electron chi connectivity index (χ4n) is 2.99. The minimum Gasteiger partial charge on any atom is -0.353 e. The molecule has 0 amide bonds. The SMILES string of the molecule is c1cc(Cc2ccc(N3CCNCC3)nn2)cc(-c2cn[nH]c2)c1. The van der Waals surface area contributed by atoms with E-state index in [-0.39, 0.29) is 0 Å². The molecule has 1 fully saturated rings. The van der Waals surface area contributed by atoms with Crippen LogP contribution in [0.15, 0.2) is 48.8 Å². The second-order valence-corrected chi connectivity index (χ2v) is 5.98. The summed E-state index contributed by atoms with van der Waals surface area (Å²) in [5.41, 5.74) is 4.46. The average Bonchev–Trinajstić information content (AvgIpc) is 3.18. The second kappa shape index (κ2) is 6.80. The molecule has 0 aliphatic carbocycles. The lowest BCUT2D eigenvalue weighted by molar-refractivity contribution is 0.582. The van der Waals surface area contributed by atoms with Crippen molar-refractivity contribution in [1.29, 1.82) is 0 Å². The highest BCUT2D eigenvalue weighted by atomic mass is 15.3. The van der Waals surface area contributed by atoms with E-state index in [1.807, 2.05) is 12.4 Å². The van der Waals surface area contributed by atoms with Gasteiger partial charge in [0.1, 0.15) is 0 Å². The molecule has 0 saturated carbocycles. The Morgan fingerprint density at radius 2 is 1.92 bits per heavy atom. The summed E-state index contributed by atoms with van der Waals surface area (Å²) in [5.74, 6) is 0.965. The molecular weight excluding hydrogens is 300 g/mol. The van der Waals surface area contributed by atoms with E-state index < -0.39 is 0 Å². The van der Waals surface area contributed by atoms with Crippen LogP contribution in [0, 0.1) is 0 Å². The Morgan fingerprint density at radius 3 is 2.67 bits per heavy atom. The topological polar surface area (TPSA) is 69.7 Å². The summed E-state index contributed by atoms with van der Waals surface area (Å²) in [6, 6.07) is 12.6. The number of rotatable bonds is 4. The highest BCUT2D eigenvalue weighted by Crippen LogP contribution is 2.20. The number of hydrogen-bond acceptors (Lipinski definition) is 5. The zero-order valence-electron chi connectivity index (χ0n) is 13.4. The molecule has 6 nitrogen and oxygen atoms in total. The van der Waals surface area contributed by atoms with Crippen molar-refractivity contribution >= 4 is 5.82 Å². The molecule has 122 valence electrons. The first-order valence-corrected chi connectivity index (χ1v) is 8.25. The highest BCUT2D eigenvalue weighted by Gasteiger charge is 2.12. The summed E-state index contributed by atoms with van der Waals surface area (Å²) in [6.07, 6.45) is 4.52. The van der Waals surface area contributed by atoms with Crippen molar-refractivity contribution in [2.45, 2.75) is 6.42 Å². The zero-order valence-corrected chi connectivity index (χ0v) is 13.4. The van der Waals surface area contributed by atoms with Gasteiger partial charge in [0.05, 0.1) is 11.9 Å². The van der Waals surface area contributed by atoms with Crippen molar-refractivity contribution in [1.82, 2.24) is 25.7 Å². The van der Waals surface area contributed by atoms with Gasteiger partial charge in [0.15, 0.2) is 5.82 Å². The quantitative estimate of drug-likeness (QED) is 0.768. The van der Waals surface area contributed by atoms with Crippen LogP contribution < -0.4 is 10.2 Å². The molecule has 2 N–H and O–H groups in total. The summed E-state index contributed by atoms with van der Waals surface area (Å²) in [5, 5.41) is 19.0. The van der Waals surface area contributed by atoms with Crippen LogP contribution in [0.2, 0.25) is 0 Å². The molecule has 0 bridgehead atoms. The van der Waals surface area contributed by atoms with E-state index in [2.05, 4.69) is 67.0 Å². The molecule has 4 rings (SSSR count). The predicted molar refractivity (Wildman–Crippen MR) is 93.9 cm³/mol. The van der Waals surface area contributed by atoms with Gasteiger partial charge in [0.2, 0.25) is 0 Å². The molecule has 1 aromatic carbocycles. The van der Waals surface area contributed by atoms with Crippen molar-refractivity contribution in [3.05, 3.63) is 60.0 Å². The Morgan fingerprint density at radius 1 is 1.00 bits per heavy atom. The maximum absolute atomic E-state index is 4.41. The van der Waals surface area contributed by atoms with Crippen molar-refractivity contribution < 1.29 is 0 Å². The van der Waals surface area contributed by atoms with Crippen molar-refractivity contribution in [3.8, 4) is 11.1 Å². The number of nitrogens with one attached hydrogen (secondary N) is 2. The fourth-order valence-corrected chi connectivity index (χ4v) is 2.99. The van der Waals surface area contributed by atoms with Gasteiger partial charge in [-0.05, 0) is 23.3 Å². The Balaban J connectivity index is 1.48. The van der Waals surface area contributed by atoms with Crippen LogP contribution in [0.25, 0.3) is 11.1 Å². The molecule has 1 aliphatic heterocycles. The van der Waals surface area contributed by atoms with Gasteiger partial charge < -0.3 is 10.2 Å².